The summed E-state index contributed by atoms with van der Waals surface area (Å²) in [7, 11) is 2.05. The van der Waals surface area contributed by atoms with Crippen LogP contribution in [0.4, 0.5) is 5.95 Å². The maximum atomic E-state index is 12.9. The van der Waals surface area contributed by atoms with Gasteiger partial charge in [0.25, 0.3) is 0 Å². The molecule has 5 heteroatoms. The summed E-state index contributed by atoms with van der Waals surface area (Å²) in [6.45, 7) is 3.69. The highest BCUT2D eigenvalue weighted by Crippen LogP contribution is 2.26. The van der Waals surface area contributed by atoms with Crippen LogP contribution in [0.25, 0.3) is 11.0 Å². The van der Waals surface area contributed by atoms with Crippen LogP contribution >= 0.6 is 0 Å². The molecule has 1 aromatic heterocycles. The number of piperidine rings is 1. The molecule has 3 aromatic rings. The molecule has 0 bridgehead atoms. The van der Waals surface area contributed by atoms with Crippen molar-refractivity contribution in [3.05, 3.63) is 60.2 Å². The van der Waals surface area contributed by atoms with Crippen LogP contribution < -0.4 is 10.2 Å². The number of hydrogen-bond acceptors (Lipinski definition) is 3. The molecule has 140 valence electrons. The minimum Gasteiger partial charge on any atom is -0.349 e. The van der Waals surface area contributed by atoms with Crippen LogP contribution in [0.2, 0.25) is 0 Å². The molecule has 2 aromatic carbocycles. The average molecular weight is 362 g/mol. The van der Waals surface area contributed by atoms with Crippen molar-refractivity contribution in [3.8, 4) is 0 Å². The number of nitrogens with zero attached hydrogens (tertiary/aromatic N) is 3. The molecule has 0 radical (unpaired) electrons. The number of hydrogen-bond donors (Lipinski definition) is 1. The number of nitrogens with one attached hydrogen (secondary N) is 1. The first kappa shape index (κ1) is 17.6. The van der Waals surface area contributed by atoms with E-state index in [1.54, 1.807) is 0 Å². The summed E-state index contributed by atoms with van der Waals surface area (Å²) in [4.78, 5) is 19.9. The third-order valence-corrected chi connectivity index (χ3v) is 5.50. The van der Waals surface area contributed by atoms with E-state index in [9.17, 15) is 4.79 Å². The highest BCUT2D eigenvalue weighted by atomic mass is 16.2. The van der Waals surface area contributed by atoms with Crippen LogP contribution in [0.15, 0.2) is 54.6 Å². The summed E-state index contributed by atoms with van der Waals surface area (Å²) in [6, 6.07) is 18.3. The molecule has 1 N–H and O–H groups in total. The van der Waals surface area contributed by atoms with E-state index in [1.807, 2.05) is 50.4 Å². The Balaban J connectivity index is 1.47. The molecule has 1 aliphatic rings. The number of rotatable bonds is 4. The summed E-state index contributed by atoms with van der Waals surface area (Å²) in [5, 5.41) is 3.19. The van der Waals surface area contributed by atoms with E-state index >= 15 is 0 Å². The zero-order valence-corrected chi connectivity index (χ0v) is 15.9. The van der Waals surface area contributed by atoms with Crippen molar-refractivity contribution in [2.45, 2.75) is 25.8 Å². The highest BCUT2D eigenvalue weighted by Gasteiger charge is 2.29. The Morgan fingerprint density at radius 1 is 1.15 bits per heavy atom. The second-order valence-corrected chi connectivity index (χ2v) is 7.39. The van der Waals surface area contributed by atoms with Gasteiger partial charge in [-0.1, -0.05) is 42.5 Å². The van der Waals surface area contributed by atoms with Gasteiger partial charge >= 0.3 is 0 Å². The minimum absolute atomic E-state index is 0.00951. The highest BCUT2D eigenvalue weighted by molar-refractivity contribution is 5.81. The van der Waals surface area contributed by atoms with Crippen LogP contribution in [0.1, 0.15) is 31.4 Å². The van der Waals surface area contributed by atoms with Gasteiger partial charge in [0.1, 0.15) is 0 Å². The van der Waals surface area contributed by atoms with Gasteiger partial charge in [-0.2, -0.15) is 0 Å². The molecule has 1 fully saturated rings. The molecule has 0 saturated carbocycles. The third kappa shape index (κ3) is 3.54. The molecule has 2 atom stereocenters. The van der Waals surface area contributed by atoms with Gasteiger partial charge in [0, 0.05) is 20.1 Å². The van der Waals surface area contributed by atoms with Crippen molar-refractivity contribution in [3.63, 3.8) is 0 Å². The normalized spacial score (nSPS) is 18.4. The summed E-state index contributed by atoms with van der Waals surface area (Å²) < 4.78 is 2.13. The van der Waals surface area contributed by atoms with Crippen LogP contribution in [0.3, 0.4) is 0 Å². The lowest BCUT2D eigenvalue weighted by molar-refractivity contribution is -0.125. The van der Waals surface area contributed by atoms with Crippen LogP contribution in [0, 0.1) is 5.92 Å². The minimum atomic E-state index is -0.00951. The van der Waals surface area contributed by atoms with E-state index in [-0.39, 0.29) is 17.9 Å². The number of aromatic nitrogens is 2. The number of benzene rings is 2. The fourth-order valence-corrected chi connectivity index (χ4v) is 3.94. The predicted molar refractivity (Wildman–Crippen MR) is 109 cm³/mol. The number of anilines is 1. The second kappa shape index (κ2) is 7.43. The number of aryl methyl sites for hydroxylation is 1. The predicted octanol–water partition coefficient (Wildman–Crippen LogP) is 3.67. The lowest BCUT2D eigenvalue weighted by atomic mass is 9.96. The first-order valence-corrected chi connectivity index (χ1v) is 9.65. The smallest absolute Gasteiger partial charge is 0.225 e. The Hall–Kier alpha value is -2.82. The molecule has 27 heavy (non-hydrogen) atoms. The van der Waals surface area contributed by atoms with E-state index in [1.165, 1.54) is 0 Å². The van der Waals surface area contributed by atoms with E-state index < -0.39 is 0 Å². The van der Waals surface area contributed by atoms with Crippen molar-refractivity contribution in [2.24, 2.45) is 13.0 Å². The van der Waals surface area contributed by atoms with Gasteiger partial charge in [-0.15, -0.1) is 0 Å². The molecule has 0 spiro atoms. The molecule has 0 aliphatic carbocycles. The molecule has 5 nitrogen and oxygen atoms in total. The number of fused-ring (bicyclic) bond motifs is 1. The molecule has 2 heterocycles. The molecule has 1 saturated heterocycles. The van der Waals surface area contributed by atoms with E-state index in [4.69, 9.17) is 4.98 Å². The average Bonchev–Trinajstić information content (AvgIpc) is 3.05. The maximum absolute atomic E-state index is 12.9. The van der Waals surface area contributed by atoms with Gasteiger partial charge in [-0.3, -0.25) is 4.79 Å². The van der Waals surface area contributed by atoms with E-state index in [0.29, 0.717) is 6.54 Å². The summed E-state index contributed by atoms with van der Waals surface area (Å²) in [6.07, 6.45) is 1.93. The topological polar surface area (TPSA) is 50.2 Å². The SMILES string of the molecule is C[C@H](NC(=O)[C@@H]1CCCN(c2nc3ccccc3n2C)C1)c1ccccc1. The van der Waals surface area contributed by atoms with Gasteiger partial charge in [0.2, 0.25) is 11.9 Å². The van der Waals surface area contributed by atoms with E-state index in [2.05, 4.69) is 33.0 Å². The third-order valence-electron chi connectivity index (χ3n) is 5.50. The molecule has 4 rings (SSSR count). The lowest BCUT2D eigenvalue weighted by Gasteiger charge is -2.33. The zero-order valence-electron chi connectivity index (χ0n) is 15.9. The first-order valence-electron chi connectivity index (χ1n) is 9.65. The van der Waals surface area contributed by atoms with Crippen molar-refractivity contribution >= 4 is 22.9 Å². The standard InChI is InChI=1S/C22H26N4O/c1-16(17-9-4-3-5-10-17)23-21(27)18-11-8-14-26(15-18)22-24-19-12-6-7-13-20(19)25(22)2/h3-7,9-10,12-13,16,18H,8,11,14-15H2,1-2H3,(H,23,27)/t16-,18+/m0/s1. The van der Waals surface area contributed by atoms with Crippen LogP contribution in [-0.4, -0.2) is 28.5 Å². The maximum Gasteiger partial charge on any atom is 0.225 e. The largest absolute Gasteiger partial charge is 0.349 e. The Bertz CT molecular complexity index is 934. The number of para-hydroxylation sites is 2. The number of amides is 1. The monoisotopic (exact) mass is 362 g/mol. The Morgan fingerprint density at radius 2 is 1.89 bits per heavy atom. The number of carbonyl (C=O) groups is 1. The van der Waals surface area contributed by atoms with E-state index in [0.717, 1.165) is 41.9 Å². The number of carbonyl (C=O) groups excluding carboxylic acids is 1. The van der Waals surface area contributed by atoms with Gasteiger partial charge in [-0.05, 0) is 37.5 Å². The van der Waals surface area contributed by atoms with Gasteiger partial charge in [-0.25, -0.2) is 4.98 Å². The van der Waals surface area contributed by atoms with Crippen LogP contribution in [0.5, 0.6) is 0 Å². The van der Waals surface area contributed by atoms with Gasteiger partial charge in [0.15, 0.2) is 0 Å². The molecular formula is C22H26N4O. The Kier molecular flexibility index (Phi) is 4.84. The molecule has 0 unspecified atom stereocenters. The Labute approximate surface area is 160 Å². The van der Waals surface area contributed by atoms with Crippen molar-refractivity contribution in [1.29, 1.82) is 0 Å². The zero-order chi connectivity index (χ0) is 18.8. The van der Waals surface area contributed by atoms with Gasteiger partial charge < -0.3 is 14.8 Å². The number of imidazole rings is 1. The summed E-state index contributed by atoms with van der Waals surface area (Å²) in [5.74, 6) is 1.07. The van der Waals surface area contributed by atoms with Gasteiger partial charge in [0.05, 0.1) is 23.0 Å². The molecule has 1 aliphatic heterocycles. The molecular weight excluding hydrogens is 336 g/mol. The van der Waals surface area contributed by atoms with Crippen LogP contribution in [-0.2, 0) is 11.8 Å². The lowest BCUT2D eigenvalue weighted by Crippen LogP contribution is -2.44. The summed E-state index contributed by atoms with van der Waals surface area (Å²) >= 11 is 0. The first-order chi connectivity index (χ1) is 13.1. The Morgan fingerprint density at radius 3 is 2.67 bits per heavy atom. The summed E-state index contributed by atoms with van der Waals surface area (Å²) in [5.41, 5.74) is 3.25. The quantitative estimate of drug-likeness (QED) is 0.770. The van der Waals surface area contributed by atoms with Crippen molar-refractivity contribution < 1.29 is 4.79 Å². The fourth-order valence-electron chi connectivity index (χ4n) is 3.94. The fraction of sp³-hybridized carbons (Fsp3) is 0.364. The van der Waals surface area contributed by atoms with Crippen molar-refractivity contribution in [2.75, 3.05) is 18.0 Å². The second-order valence-electron chi connectivity index (χ2n) is 7.39. The molecule has 1 amide bonds. The van der Waals surface area contributed by atoms with Crippen molar-refractivity contribution in [1.82, 2.24) is 14.9 Å².